The summed E-state index contributed by atoms with van der Waals surface area (Å²) >= 11 is 0. The largest absolute Gasteiger partial charge is 0.310 e. The maximum absolute atomic E-state index is 3.73. The predicted octanol–water partition coefficient (Wildman–Crippen LogP) is 3.97. The van der Waals surface area contributed by atoms with Gasteiger partial charge in [-0.1, -0.05) is 38.0 Å². The molecule has 0 aliphatic heterocycles. The van der Waals surface area contributed by atoms with E-state index in [9.17, 15) is 0 Å². The van der Waals surface area contributed by atoms with Gasteiger partial charge in [0, 0.05) is 12.6 Å². The van der Waals surface area contributed by atoms with Gasteiger partial charge in [-0.15, -0.1) is 0 Å². The average molecular weight is 231 g/mol. The van der Waals surface area contributed by atoms with E-state index in [0.29, 0.717) is 6.04 Å². The van der Waals surface area contributed by atoms with E-state index in [4.69, 9.17) is 0 Å². The zero-order valence-corrected chi connectivity index (χ0v) is 11.4. The molecule has 0 bridgehead atoms. The zero-order chi connectivity index (χ0) is 12.3. The Balaban J connectivity index is 1.88. The molecule has 0 radical (unpaired) electrons. The second-order valence-corrected chi connectivity index (χ2v) is 5.52. The van der Waals surface area contributed by atoms with Crippen molar-refractivity contribution < 1.29 is 0 Å². The first kappa shape index (κ1) is 12.6. The molecule has 1 aliphatic rings. The summed E-state index contributed by atoms with van der Waals surface area (Å²) in [6, 6.07) is 7.32. The molecule has 1 fully saturated rings. The fourth-order valence-corrected chi connectivity index (χ4v) is 2.41. The van der Waals surface area contributed by atoms with Crippen LogP contribution in [0.1, 0.15) is 49.3 Å². The monoisotopic (exact) mass is 231 g/mol. The highest BCUT2D eigenvalue weighted by molar-refractivity contribution is 5.32. The second-order valence-electron chi connectivity index (χ2n) is 5.52. The first-order chi connectivity index (χ1) is 8.20. The van der Waals surface area contributed by atoms with Crippen LogP contribution in [0.25, 0.3) is 0 Å². The van der Waals surface area contributed by atoms with Gasteiger partial charge in [0.25, 0.3) is 0 Å². The molecule has 1 nitrogen and oxygen atoms in total. The van der Waals surface area contributed by atoms with Gasteiger partial charge in [0.1, 0.15) is 0 Å². The first-order valence-corrected chi connectivity index (χ1v) is 6.99. The van der Waals surface area contributed by atoms with Crippen molar-refractivity contribution in [3.63, 3.8) is 0 Å². The minimum Gasteiger partial charge on any atom is -0.310 e. The molecule has 1 aromatic rings. The Kier molecular flexibility index (Phi) is 4.22. The third kappa shape index (κ3) is 3.57. The Morgan fingerprint density at radius 3 is 2.71 bits per heavy atom. The molecule has 1 unspecified atom stereocenters. The lowest BCUT2D eigenvalue weighted by Crippen LogP contribution is -2.28. The molecular formula is C16H25N. The van der Waals surface area contributed by atoms with E-state index in [1.807, 2.05) is 0 Å². The Labute approximate surface area is 106 Å². The molecule has 0 heterocycles. The van der Waals surface area contributed by atoms with E-state index in [1.54, 1.807) is 0 Å². The molecule has 1 N–H and O–H groups in total. The summed E-state index contributed by atoms with van der Waals surface area (Å²) in [5, 5.41) is 3.73. The molecule has 1 heteroatoms. The van der Waals surface area contributed by atoms with Crippen LogP contribution >= 0.6 is 0 Å². The number of rotatable bonds is 6. The molecule has 1 atom stereocenters. The van der Waals surface area contributed by atoms with Crippen molar-refractivity contribution in [3.8, 4) is 0 Å². The highest BCUT2D eigenvalue weighted by Crippen LogP contribution is 2.34. The van der Waals surface area contributed by atoms with Crippen LogP contribution in [0.3, 0.4) is 0 Å². The van der Waals surface area contributed by atoms with Gasteiger partial charge in [-0.3, -0.25) is 0 Å². The van der Waals surface area contributed by atoms with Crippen molar-refractivity contribution in [2.45, 2.75) is 59.0 Å². The lowest BCUT2D eigenvalue weighted by molar-refractivity contribution is 0.444. The number of benzene rings is 1. The standard InChI is InChI=1S/C16H25N/c1-4-16(10-14-8-9-14)17-11-15-7-5-6-12(2)13(15)3/h5-7,14,16-17H,4,8-11H2,1-3H3. The molecule has 1 aromatic carbocycles. The quantitative estimate of drug-likeness (QED) is 0.781. The fourth-order valence-electron chi connectivity index (χ4n) is 2.41. The summed E-state index contributed by atoms with van der Waals surface area (Å²) < 4.78 is 0. The fraction of sp³-hybridized carbons (Fsp3) is 0.625. The summed E-state index contributed by atoms with van der Waals surface area (Å²) in [5.41, 5.74) is 4.31. The van der Waals surface area contributed by atoms with E-state index < -0.39 is 0 Å². The van der Waals surface area contributed by atoms with Crippen molar-refractivity contribution in [3.05, 3.63) is 34.9 Å². The number of nitrogens with one attached hydrogen (secondary N) is 1. The van der Waals surface area contributed by atoms with Crippen molar-refractivity contribution in [2.75, 3.05) is 0 Å². The summed E-state index contributed by atoms with van der Waals surface area (Å²) in [5.74, 6) is 1.02. The van der Waals surface area contributed by atoms with Gasteiger partial charge in [0.05, 0.1) is 0 Å². The van der Waals surface area contributed by atoms with Crippen molar-refractivity contribution >= 4 is 0 Å². The molecule has 1 saturated carbocycles. The molecule has 1 aliphatic carbocycles. The Hall–Kier alpha value is -0.820. The van der Waals surface area contributed by atoms with E-state index in [0.717, 1.165) is 12.5 Å². The normalized spacial score (nSPS) is 17.1. The van der Waals surface area contributed by atoms with Crippen molar-refractivity contribution in [1.29, 1.82) is 0 Å². The van der Waals surface area contributed by atoms with Gasteiger partial charge < -0.3 is 5.32 Å². The van der Waals surface area contributed by atoms with E-state index >= 15 is 0 Å². The van der Waals surface area contributed by atoms with Gasteiger partial charge in [0.15, 0.2) is 0 Å². The molecular weight excluding hydrogens is 206 g/mol. The Morgan fingerprint density at radius 1 is 1.29 bits per heavy atom. The average Bonchev–Trinajstić information content (AvgIpc) is 3.13. The minimum atomic E-state index is 0.711. The van der Waals surface area contributed by atoms with Gasteiger partial charge >= 0.3 is 0 Å². The summed E-state index contributed by atoms with van der Waals surface area (Å²) in [4.78, 5) is 0. The lowest BCUT2D eigenvalue weighted by atomic mass is 10.0. The molecule has 94 valence electrons. The van der Waals surface area contributed by atoms with Gasteiger partial charge in [-0.2, -0.15) is 0 Å². The minimum absolute atomic E-state index is 0.711. The topological polar surface area (TPSA) is 12.0 Å². The maximum atomic E-state index is 3.73. The first-order valence-electron chi connectivity index (χ1n) is 6.99. The molecule has 2 rings (SSSR count). The van der Waals surface area contributed by atoms with Gasteiger partial charge in [0.2, 0.25) is 0 Å². The van der Waals surface area contributed by atoms with E-state index in [-0.39, 0.29) is 0 Å². The van der Waals surface area contributed by atoms with Crippen molar-refractivity contribution in [1.82, 2.24) is 5.32 Å². The van der Waals surface area contributed by atoms with E-state index in [1.165, 1.54) is 42.4 Å². The maximum Gasteiger partial charge on any atom is 0.0210 e. The molecule has 0 spiro atoms. The van der Waals surface area contributed by atoms with Crippen LogP contribution in [0.5, 0.6) is 0 Å². The third-order valence-corrected chi connectivity index (χ3v) is 4.11. The second kappa shape index (κ2) is 5.68. The van der Waals surface area contributed by atoms with Gasteiger partial charge in [-0.05, 0) is 49.3 Å². The lowest BCUT2D eigenvalue weighted by Gasteiger charge is -2.18. The SMILES string of the molecule is CCC(CC1CC1)NCc1cccc(C)c1C. The van der Waals surface area contributed by atoms with Crippen LogP contribution in [0.2, 0.25) is 0 Å². The van der Waals surface area contributed by atoms with Crippen LogP contribution in [-0.4, -0.2) is 6.04 Å². The van der Waals surface area contributed by atoms with Crippen molar-refractivity contribution in [2.24, 2.45) is 5.92 Å². The Bertz CT molecular complexity index is 366. The Morgan fingerprint density at radius 2 is 2.06 bits per heavy atom. The highest BCUT2D eigenvalue weighted by Gasteiger charge is 2.24. The van der Waals surface area contributed by atoms with Crippen LogP contribution in [0, 0.1) is 19.8 Å². The van der Waals surface area contributed by atoms with Crippen LogP contribution in [0.15, 0.2) is 18.2 Å². The predicted molar refractivity (Wildman–Crippen MR) is 74.2 cm³/mol. The summed E-state index contributed by atoms with van der Waals surface area (Å²) in [7, 11) is 0. The molecule has 0 saturated heterocycles. The molecule has 17 heavy (non-hydrogen) atoms. The van der Waals surface area contributed by atoms with Crippen LogP contribution in [-0.2, 0) is 6.54 Å². The highest BCUT2D eigenvalue weighted by atomic mass is 14.9. The third-order valence-electron chi connectivity index (χ3n) is 4.11. The zero-order valence-electron chi connectivity index (χ0n) is 11.4. The molecule has 0 aromatic heterocycles. The smallest absolute Gasteiger partial charge is 0.0210 e. The van der Waals surface area contributed by atoms with Crippen LogP contribution in [0.4, 0.5) is 0 Å². The van der Waals surface area contributed by atoms with E-state index in [2.05, 4.69) is 44.3 Å². The number of hydrogen-bond donors (Lipinski definition) is 1. The summed E-state index contributed by atoms with van der Waals surface area (Å²) in [6.07, 6.45) is 5.55. The van der Waals surface area contributed by atoms with Gasteiger partial charge in [-0.25, -0.2) is 0 Å². The number of hydrogen-bond acceptors (Lipinski definition) is 1. The van der Waals surface area contributed by atoms with Crippen LogP contribution < -0.4 is 5.32 Å². The number of aryl methyl sites for hydroxylation is 1. The molecule has 0 amide bonds. The summed E-state index contributed by atoms with van der Waals surface area (Å²) in [6.45, 7) is 7.75.